The van der Waals surface area contributed by atoms with Gasteiger partial charge in [0.05, 0.1) is 16.8 Å². The topological polar surface area (TPSA) is 72.2 Å². The van der Waals surface area contributed by atoms with Crippen molar-refractivity contribution < 1.29 is 14.7 Å². The van der Waals surface area contributed by atoms with Gasteiger partial charge in [-0.25, -0.2) is 4.79 Å². The number of carbonyl (C=O) groups excluding carboxylic acids is 1. The molecule has 0 saturated heterocycles. The molecule has 0 saturated carbocycles. The lowest BCUT2D eigenvalue weighted by molar-refractivity contribution is 0.0696. The second kappa shape index (κ2) is 5.75. The summed E-state index contributed by atoms with van der Waals surface area (Å²) in [5.74, 6) is -1.08. The van der Waals surface area contributed by atoms with Crippen molar-refractivity contribution in [3.05, 3.63) is 58.4 Å². The zero-order valence-electron chi connectivity index (χ0n) is 12.1. The van der Waals surface area contributed by atoms with E-state index < -0.39 is 5.97 Å². The second-order valence-electron chi connectivity index (χ2n) is 4.79. The van der Waals surface area contributed by atoms with Gasteiger partial charge in [0, 0.05) is 12.7 Å². The van der Waals surface area contributed by atoms with E-state index >= 15 is 0 Å². The minimum atomic E-state index is -0.969. The number of rotatable bonds is 4. The molecular formula is C16H16N2O3. The number of aromatic carboxylic acids is 1. The van der Waals surface area contributed by atoms with Gasteiger partial charge >= 0.3 is 5.97 Å². The van der Waals surface area contributed by atoms with Crippen LogP contribution in [0.4, 0.5) is 0 Å². The fourth-order valence-electron chi connectivity index (χ4n) is 2.12. The third-order valence-electron chi connectivity index (χ3n) is 3.34. The van der Waals surface area contributed by atoms with Crippen LogP contribution in [0.25, 0.3) is 6.08 Å². The predicted octanol–water partition coefficient (Wildman–Crippen LogP) is 2.63. The summed E-state index contributed by atoms with van der Waals surface area (Å²) < 4.78 is 1.68. The van der Waals surface area contributed by atoms with Gasteiger partial charge in [0.2, 0.25) is 0 Å². The maximum atomic E-state index is 12.2. The lowest BCUT2D eigenvalue weighted by Crippen LogP contribution is -1.99. The van der Waals surface area contributed by atoms with E-state index in [0.29, 0.717) is 11.3 Å². The first kappa shape index (κ1) is 14.7. The first-order chi connectivity index (χ1) is 9.90. The Morgan fingerprint density at radius 1 is 1.19 bits per heavy atom. The molecule has 0 aliphatic rings. The van der Waals surface area contributed by atoms with E-state index in [1.165, 1.54) is 18.2 Å². The maximum Gasteiger partial charge on any atom is 0.335 e. The van der Waals surface area contributed by atoms with Gasteiger partial charge in [-0.15, -0.1) is 0 Å². The Balaban J connectivity index is 2.20. The van der Waals surface area contributed by atoms with Crippen LogP contribution in [0.3, 0.4) is 0 Å². The molecule has 1 aromatic heterocycles. The average Bonchev–Trinajstić information content (AvgIpc) is 2.70. The molecule has 0 aliphatic heterocycles. The van der Waals surface area contributed by atoms with E-state index in [2.05, 4.69) is 5.10 Å². The molecule has 0 aliphatic carbocycles. The van der Waals surface area contributed by atoms with E-state index in [9.17, 15) is 9.59 Å². The SMILES string of the molecule is Cc1nn(C)c(C)c1C(=O)/C=C\c1ccc(C(=O)O)cc1. The summed E-state index contributed by atoms with van der Waals surface area (Å²) in [6.45, 7) is 3.65. The van der Waals surface area contributed by atoms with Crippen LogP contribution in [0, 0.1) is 13.8 Å². The number of aromatic nitrogens is 2. The molecule has 0 amide bonds. The standard InChI is InChI=1S/C16H16N2O3/c1-10-15(11(2)18(3)17-10)14(19)9-6-12-4-7-13(8-5-12)16(20)21/h4-9H,1-3H3,(H,20,21)/b9-6-. The van der Waals surface area contributed by atoms with Crippen LogP contribution >= 0.6 is 0 Å². The van der Waals surface area contributed by atoms with Crippen LogP contribution in [0.2, 0.25) is 0 Å². The molecule has 0 radical (unpaired) electrons. The quantitative estimate of drug-likeness (QED) is 0.692. The Bertz CT molecular complexity index is 725. The smallest absolute Gasteiger partial charge is 0.335 e. The van der Waals surface area contributed by atoms with Crippen molar-refractivity contribution in [2.24, 2.45) is 7.05 Å². The molecule has 2 aromatic rings. The van der Waals surface area contributed by atoms with Gasteiger partial charge in [-0.05, 0) is 37.6 Å². The second-order valence-corrected chi connectivity index (χ2v) is 4.79. The monoisotopic (exact) mass is 284 g/mol. The number of hydrogen-bond acceptors (Lipinski definition) is 3. The number of carbonyl (C=O) groups is 2. The van der Waals surface area contributed by atoms with Crippen molar-refractivity contribution in [2.45, 2.75) is 13.8 Å². The first-order valence-corrected chi connectivity index (χ1v) is 6.46. The Morgan fingerprint density at radius 2 is 1.81 bits per heavy atom. The Hall–Kier alpha value is -2.69. The van der Waals surface area contributed by atoms with Gasteiger partial charge < -0.3 is 5.11 Å². The molecule has 108 valence electrons. The lowest BCUT2D eigenvalue weighted by atomic mass is 10.1. The number of allylic oxidation sites excluding steroid dienone is 1. The van der Waals surface area contributed by atoms with Crippen molar-refractivity contribution >= 4 is 17.8 Å². The van der Waals surface area contributed by atoms with Crippen molar-refractivity contribution in [2.75, 3.05) is 0 Å². The molecule has 5 heteroatoms. The summed E-state index contributed by atoms with van der Waals surface area (Å²) in [5.41, 5.74) is 3.12. The van der Waals surface area contributed by atoms with Crippen molar-refractivity contribution in [3.8, 4) is 0 Å². The van der Waals surface area contributed by atoms with E-state index in [4.69, 9.17) is 5.11 Å². The van der Waals surface area contributed by atoms with Gasteiger partial charge in [0.25, 0.3) is 0 Å². The fraction of sp³-hybridized carbons (Fsp3) is 0.188. The molecule has 0 unspecified atom stereocenters. The number of hydrogen-bond donors (Lipinski definition) is 1. The number of carboxylic acids is 1. The molecule has 5 nitrogen and oxygen atoms in total. The minimum Gasteiger partial charge on any atom is -0.478 e. The van der Waals surface area contributed by atoms with E-state index in [-0.39, 0.29) is 11.3 Å². The fourth-order valence-corrected chi connectivity index (χ4v) is 2.12. The van der Waals surface area contributed by atoms with Crippen molar-refractivity contribution in [1.29, 1.82) is 0 Å². The van der Waals surface area contributed by atoms with Gasteiger partial charge in [-0.1, -0.05) is 18.2 Å². The van der Waals surface area contributed by atoms with Crippen LogP contribution in [-0.2, 0) is 7.05 Å². The molecule has 0 bridgehead atoms. The first-order valence-electron chi connectivity index (χ1n) is 6.46. The minimum absolute atomic E-state index is 0.111. The highest BCUT2D eigenvalue weighted by atomic mass is 16.4. The number of ketones is 1. The third-order valence-corrected chi connectivity index (χ3v) is 3.34. The molecule has 1 heterocycles. The van der Waals surface area contributed by atoms with Gasteiger partial charge in [-0.3, -0.25) is 9.48 Å². The summed E-state index contributed by atoms with van der Waals surface area (Å²) in [4.78, 5) is 23.0. The number of carboxylic acid groups (broad SMARTS) is 1. The zero-order chi connectivity index (χ0) is 15.6. The van der Waals surface area contributed by atoms with Crippen LogP contribution in [0.1, 0.15) is 37.7 Å². The van der Waals surface area contributed by atoms with Gasteiger partial charge in [0.15, 0.2) is 5.78 Å². The highest BCUT2D eigenvalue weighted by Crippen LogP contribution is 2.14. The summed E-state index contributed by atoms with van der Waals surface area (Å²) >= 11 is 0. The largest absolute Gasteiger partial charge is 0.478 e. The van der Waals surface area contributed by atoms with Crippen molar-refractivity contribution in [3.63, 3.8) is 0 Å². The summed E-state index contributed by atoms with van der Waals surface area (Å²) in [5, 5.41) is 13.0. The summed E-state index contributed by atoms with van der Waals surface area (Å²) in [6.07, 6.45) is 3.15. The zero-order valence-corrected chi connectivity index (χ0v) is 12.1. The molecule has 1 aromatic carbocycles. The molecule has 0 spiro atoms. The normalized spacial score (nSPS) is 11.0. The van der Waals surface area contributed by atoms with Crippen LogP contribution in [-0.4, -0.2) is 26.6 Å². The van der Waals surface area contributed by atoms with Crippen LogP contribution < -0.4 is 0 Å². The highest BCUT2D eigenvalue weighted by Gasteiger charge is 2.14. The number of benzene rings is 1. The van der Waals surface area contributed by atoms with E-state index in [1.54, 1.807) is 36.9 Å². The highest BCUT2D eigenvalue weighted by molar-refractivity contribution is 6.08. The maximum absolute atomic E-state index is 12.2. The van der Waals surface area contributed by atoms with Crippen LogP contribution in [0.5, 0.6) is 0 Å². The molecule has 0 fully saturated rings. The number of aryl methyl sites for hydroxylation is 2. The Labute approximate surface area is 122 Å². The van der Waals surface area contributed by atoms with Gasteiger partial charge in [-0.2, -0.15) is 5.10 Å². The molecular weight excluding hydrogens is 268 g/mol. The Kier molecular flexibility index (Phi) is 4.03. The predicted molar refractivity (Wildman–Crippen MR) is 79.4 cm³/mol. The summed E-state index contributed by atoms with van der Waals surface area (Å²) in [6, 6.07) is 6.34. The average molecular weight is 284 g/mol. The lowest BCUT2D eigenvalue weighted by Gasteiger charge is -1.98. The number of nitrogens with zero attached hydrogens (tertiary/aromatic N) is 2. The van der Waals surface area contributed by atoms with Crippen molar-refractivity contribution in [1.82, 2.24) is 9.78 Å². The van der Waals surface area contributed by atoms with E-state index in [1.807, 2.05) is 6.92 Å². The Morgan fingerprint density at radius 3 is 2.29 bits per heavy atom. The van der Waals surface area contributed by atoms with E-state index in [0.717, 1.165) is 11.3 Å². The molecule has 21 heavy (non-hydrogen) atoms. The third kappa shape index (κ3) is 3.08. The molecule has 1 N–H and O–H groups in total. The molecule has 0 atom stereocenters. The summed E-state index contributed by atoms with van der Waals surface area (Å²) in [7, 11) is 1.80. The van der Waals surface area contributed by atoms with Gasteiger partial charge in [0.1, 0.15) is 0 Å². The van der Waals surface area contributed by atoms with Crippen LogP contribution in [0.15, 0.2) is 30.3 Å². The molecule has 2 rings (SSSR count).